The number of thioether (sulfide) groups is 2. The minimum absolute atomic E-state index is 0.116. The first-order chi connectivity index (χ1) is 14.5. The summed E-state index contributed by atoms with van der Waals surface area (Å²) < 4.78 is 11.4. The van der Waals surface area contributed by atoms with Crippen LogP contribution in [0.3, 0.4) is 0 Å². The van der Waals surface area contributed by atoms with Crippen LogP contribution in [0, 0.1) is 5.92 Å². The Kier molecular flexibility index (Phi) is 8.10. The third kappa shape index (κ3) is 5.95. The number of amides is 1. The highest BCUT2D eigenvalue weighted by Gasteiger charge is 2.27. The molecule has 2 aromatic rings. The lowest BCUT2D eigenvalue weighted by molar-refractivity contribution is -0.137. The number of benzene rings is 2. The summed E-state index contributed by atoms with van der Waals surface area (Å²) in [5, 5.41) is 2.80. The summed E-state index contributed by atoms with van der Waals surface area (Å²) in [7, 11) is 0. The highest BCUT2D eigenvalue weighted by atomic mass is 32.2. The van der Waals surface area contributed by atoms with Gasteiger partial charge in [-0.25, -0.2) is 4.79 Å². The van der Waals surface area contributed by atoms with Crippen molar-refractivity contribution < 1.29 is 19.1 Å². The second-order valence-electron chi connectivity index (χ2n) is 7.22. The van der Waals surface area contributed by atoms with Gasteiger partial charge in [0.25, 0.3) is 5.91 Å². The molecule has 3 rings (SSSR count). The van der Waals surface area contributed by atoms with E-state index < -0.39 is 12.0 Å². The van der Waals surface area contributed by atoms with Gasteiger partial charge in [0.2, 0.25) is 0 Å². The SMILES string of the molecule is CCOc1ccc(C(=O)N[C@@H](C(=O)Oc2ccc(C3SCCS3)cc2)C(C)C)cc1. The highest BCUT2D eigenvalue weighted by molar-refractivity contribution is 8.19. The molecule has 5 nitrogen and oxygen atoms in total. The largest absolute Gasteiger partial charge is 0.494 e. The van der Waals surface area contributed by atoms with E-state index in [-0.39, 0.29) is 11.8 Å². The van der Waals surface area contributed by atoms with Crippen LogP contribution in [0.15, 0.2) is 48.5 Å². The van der Waals surface area contributed by atoms with Gasteiger partial charge in [0.05, 0.1) is 11.2 Å². The zero-order valence-electron chi connectivity index (χ0n) is 17.4. The predicted octanol–water partition coefficient (Wildman–Crippen LogP) is 4.92. The number of hydrogen-bond acceptors (Lipinski definition) is 6. The van der Waals surface area contributed by atoms with Crippen LogP contribution in [0.5, 0.6) is 11.5 Å². The molecule has 1 fully saturated rings. The summed E-state index contributed by atoms with van der Waals surface area (Å²) in [4.78, 5) is 25.3. The number of carbonyl (C=O) groups is 2. The lowest BCUT2D eigenvalue weighted by Gasteiger charge is -2.21. The predicted molar refractivity (Wildman–Crippen MR) is 123 cm³/mol. The molecule has 0 spiro atoms. The first-order valence-corrected chi connectivity index (χ1v) is 12.2. The highest BCUT2D eigenvalue weighted by Crippen LogP contribution is 2.45. The minimum Gasteiger partial charge on any atom is -0.494 e. The summed E-state index contributed by atoms with van der Waals surface area (Å²) in [6.45, 7) is 6.22. The third-order valence-corrected chi connectivity index (χ3v) is 7.73. The van der Waals surface area contributed by atoms with Crippen molar-refractivity contribution in [2.75, 3.05) is 18.1 Å². The maximum Gasteiger partial charge on any atom is 0.334 e. The molecule has 1 saturated heterocycles. The van der Waals surface area contributed by atoms with Gasteiger partial charge < -0.3 is 14.8 Å². The number of hydrogen-bond donors (Lipinski definition) is 1. The van der Waals surface area contributed by atoms with Gasteiger partial charge in [-0.3, -0.25) is 4.79 Å². The van der Waals surface area contributed by atoms with Crippen LogP contribution in [-0.4, -0.2) is 36.0 Å². The Morgan fingerprint density at radius 1 is 1.00 bits per heavy atom. The van der Waals surface area contributed by atoms with Crippen LogP contribution in [0.1, 0.15) is 41.3 Å². The molecule has 160 valence electrons. The molecular weight excluding hydrogens is 418 g/mol. The van der Waals surface area contributed by atoms with Gasteiger partial charge in [-0.05, 0) is 54.8 Å². The Morgan fingerprint density at radius 3 is 2.17 bits per heavy atom. The Labute approximate surface area is 186 Å². The van der Waals surface area contributed by atoms with E-state index in [0.717, 1.165) is 11.5 Å². The lowest BCUT2D eigenvalue weighted by atomic mass is 10.0. The maximum absolute atomic E-state index is 12.7. The molecule has 0 aromatic heterocycles. The number of ether oxygens (including phenoxy) is 2. The molecule has 1 heterocycles. The summed E-state index contributed by atoms with van der Waals surface area (Å²) in [6.07, 6.45) is 0. The van der Waals surface area contributed by atoms with Crippen molar-refractivity contribution in [1.29, 1.82) is 0 Å². The zero-order chi connectivity index (χ0) is 21.5. The van der Waals surface area contributed by atoms with Gasteiger partial charge in [-0.15, -0.1) is 23.5 Å². The van der Waals surface area contributed by atoms with E-state index in [9.17, 15) is 9.59 Å². The van der Waals surface area contributed by atoms with Gasteiger partial charge in [0, 0.05) is 17.1 Å². The average Bonchev–Trinajstić information content (AvgIpc) is 3.28. The van der Waals surface area contributed by atoms with E-state index in [1.807, 2.05) is 68.6 Å². The van der Waals surface area contributed by atoms with Crippen molar-refractivity contribution in [3.63, 3.8) is 0 Å². The van der Waals surface area contributed by atoms with Crippen molar-refractivity contribution >= 4 is 35.4 Å². The fraction of sp³-hybridized carbons (Fsp3) is 0.391. The second-order valence-corrected chi connectivity index (χ2v) is 9.94. The van der Waals surface area contributed by atoms with Crippen LogP contribution < -0.4 is 14.8 Å². The van der Waals surface area contributed by atoms with Crippen LogP contribution in [0.4, 0.5) is 0 Å². The van der Waals surface area contributed by atoms with Crippen molar-refractivity contribution in [3.8, 4) is 11.5 Å². The molecule has 0 unspecified atom stereocenters. The van der Waals surface area contributed by atoms with Crippen molar-refractivity contribution in [2.24, 2.45) is 5.92 Å². The smallest absolute Gasteiger partial charge is 0.334 e. The van der Waals surface area contributed by atoms with Gasteiger partial charge in [-0.2, -0.15) is 0 Å². The van der Waals surface area contributed by atoms with Crippen LogP contribution in [-0.2, 0) is 4.79 Å². The number of nitrogens with one attached hydrogen (secondary N) is 1. The summed E-state index contributed by atoms with van der Waals surface area (Å²) in [5.41, 5.74) is 1.69. The molecule has 30 heavy (non-hydrogen) atoms. The maximum atomic E-state index is 12.7. The first-order valence-electron chi connectivity index (χ1n) is 10.1. The van der Waals surface area contributed by atoms with E-state index in [2.05, 4.69) is 5.32 Å². The van der Waals surface area contributed by atoms with E-state index in [4.69, 9.17) is 9.47 Å². The van der Waals surface area contributed by atoms with E-state index in [1.54, 1.807) is 24.3 Å². The lowest BCUT2D eigenvalue weighted by Crippen LogP contribution is -2.46. The molecular formula is C23H27NO4S2. The Hall–Kier alpha value is -2.12. The molecule has 1 N–H and O–H groups in total. The quantitative estimate of drug-likeness (QED) is 0.459. The molecule has 1 aliphatic heterocycles. The second kappa shape index (κ2) is 10.8. The van der Waals surface area contributed by atoms with Gasteiger partial charge >= 0.3 is 5.97 Å². The minimum atomic E-state index is -0.746. The van der Waals surface area contributed by atoms with Gasteiger partial charge in [0.1, 0.15) is 17.5 Å². The molecule has 1 amide bonds. The standard InChI is InChI=1S/C23H27NO4S2/c1-4-27-18-9-5-16(6-10-18)21(25)24-20(15(2)3)22(26)28-19-11-7-17(8-12-19)23-29-13-14-30-23/h5-12,15,20,23H,4,13-14H2,1-3H3,(H,24,25)/t20-/m1/s1. The molecule has 2 aromatic carbocycles. The molecule has 1 atom stereocenters. The summed E-state index contributed by atoms with van der Waals surface area (Å²) in [5.74, 6) is 2.60. The summed E-state index contributed by atoms with van der Waals surface area (Å²) in [6, 6.07) is 13.7. The van der Waals surface area contributed by atoms with Crippen molar-refractivity contribution in [1.82, 2.24) is 5.32 Å². The Balaban J connectivity index is 1.62. The fourth-order valence-electron chi connectivity index (χ4n) is 3.02. The molecule has 0 saturated carbocycles. The normalized spacial score (nSPS) is 15.1. The zero-order valence-corrected chi connectivity index (χ0v) is 19.1. The van der Waals surface area contributed by atoms with E-state index >= 15 is 0 Å². The van der Waals surface area contributed by atoms with Gasteiger partial charge in [-0.1, -0.05) is 26.0 Å². The van der Waals surface area contributed by atoms with Crippen molar-refractivity contribution in [2.45, 2.75) is 31.4 Å². The monoisotopic (exact) mass is 445 g/mol. The topological polar surface area (TPSA) is 64.6 Å². The average molecular weight is 446 g/mol. The molecule has 0 bridgehead atoms. The van der Waals surface area contributed by atoms with E-state index in [0.29, 0.717) is 28.3 Å². The van der Waals surface area contributed by atoms with Crippen LogP contribution in [0.25, 0.3) is 0 Å². The third-order valence-electron chi connectivity index (χ3n) is 4.63. The van der Waals surface area contributed by atoms with E-state index in [1.165, 1.54) is 5.56 Å². The van der Waals surface area contributed by atoms with Gasteiger partial charge in [0.15, 0.2) is 0 Å². The van der Waals surface area contributed by atoms with Crippen molar-refractivity contribution in [3.05, 3.63) is 59.7 Å². The molecule has 1 aliphatic rings. The number of carbonyl (C=O) groups excluding carboxylic acids is 2. The molecule has 0 aliphatic carbocycles. The first kappa shape index (κ1) is 22.6. The summed E-state index contributed by atoms with van der Waals surface area (Å²) >= 11 is 3.86. The molecule has 7 heteroatoms. The number of esters is 1. The van der Waals surface area contributed by atoms with Crippen LogP contribution >= 0.6 is 23.5 Å². The van der Waals surface area contributed by atoms with Crippen LogP contribution in [0.2, 0.25) is 0 Å². The Bertz CT molecular complexity index is 847. The fourth-order valence-corrected chi connectivity index (χ4v) is 5.87. The molecule has 0 radical (unpaired) electrons. The number of rotatable bonds is 8. The Morgan fingerprint density at radius 2 is 1.60 bits per heavy atom.